The highest BCUT2D eigenvalue weighted by Crippen LogP contribution is 2.28. The molecule has 20 heavy (non-hydrogen) atoms. The first kappa shape index (κ1) is 15.7. The third kappa shape index (κ3) is 3.15. The third-order valence-corrected chi connectivity index (χ3v) is 5.90. The van der Waals surface area contributed by atoms with Crippen LogP contribution in [0.5, 0.6) is 0 Å². The van der Waals surface area contributed by atoms with E-state index in [0.717, 1.165) is 19.3 Å². The zero-order valence-electron chi connectivity index (χ0n) is 11.5. The van der Waals surface area contributed by atoms with E-state index in [-0.39, 0.29) is 10.8 Å². The summed E-state index contributed by atoms with van der Waals surface area (Å²) in [5, 5.41) is 0. The number of sulfonamides is 1. The molecular formula is C14H19ClFNO2S. The highest BCUT2D eigenvalue weighted by Gasteiger charge is 2.33. The quantitative estimate of drug-likeness (QED) is 0.780. The van der Waals surface area contributed by atoms with Crippen LogP contribution in [0.2, 0.25) is 0 Å². The molecule has 1 heterocycles. The minimum atomic E-state index is -3.75. The molecule has 1 aromatic carbocycles. The van der Waals surface area contributed by atoms with Gasteiger partial charge in [0.25, 0.3) is 0 Å². The molecule has 1 aromatic rings. The summed E-state index contributed by atoms with van der Waals surface area (Å²) >= 11 is 5.69. The van der Waals surface area contributed by atoms with Crippen molar-refractivity contribution in [3.63, 3.8) is 0 Å². The maximum atomic E-state index is 13.9. The van der Waals surface area contributed by atoms with Crippen LogP contribution in [0.4, 0.5) is 4.39 Å². The lowest BCUT2D eigenvalue weighted by Crippen LogP contribution is -2.29. The predicted molar refractivity (Wildman–Crippen MR) is 77.7 cm³/mol. The van der Waals surface area contributed by atoms with Crippen molar-refractivity contribution in [1.29, 1.82) is 0 Å². The predicted octanol–water partition coefficient (Wildman–Crippen LogP) is 3.38. The second kappa shape index (κ2) is 6.41. The van der Waals surface area contributed by atoms with Gasteiger partial charge in [-0.05, 0) is 36.5 Å². The molecule has 0 bridgehead atoms. The Kier molecular flexibility index (Phi) is 5.04. The molecule has 1 saturated heterocycles. The van der Waals surface area contributed by atoms with Crippen LogP contribution in [0.15, 0.2) is 23.1 Å². The van der Waals surface area contributed by atoms with Gasteiger partial charge in [-0.3, -0.25) is 0 Å². The summed E-state index contributed by atoms with van der Waals surface area (Å²) in [4.78, 5) is -0.257. The van der Waals surface area contributed by atoms with E-state index in [4.69, 9.17) is 11.6 Å². The Bertz CT molecular complexity index is 577. The molecule has 112 valence electrons. The number of halogens is 2. The van der Waals surface area contributed by atoms with Gasteiger partial charge in [0.1, 0.15) is 10.7 Å². The van der Waals surface area contributed by atoms with Gasteiger partial charge in [0.2, 0.25) is 10.0 Å². The van der Waals surface area contributed by atoms with Crippen LogP contribution < -0.4 is 0 Å². The SMILES string of the molecule is CCCC1CCN(S(=O)(=O)c2cc(CCl)ccc2F)C1. The lowest BCUT2D eigenvalue weighted by Gasteiger charge is -2.17. The number of benzene rings is 1. The van der Waals surface area contributed by atoms with E-state index in [1.165, 1.54) is 22.5 Å². The topological polar surface area (TPSA) is 37.4 Å². The molecule has 0 aliphatic carbocycles. The van der Waals surface area contributed by atoms with Gasteiger partial charge < -0.3 is 0 Å². The van der Waals surface area contributed by atoms with Crippen molar-refractivity contribution in [2.24, 2.45) is 5.92 Å². The fourth-order valence-corrected chi connectivity index (χ4v) is 4.44. The Hall–Kier alpha value is -0.650. The van der Waals surface area contributed by atoms with E-state index in [1.54, 1.807) is 0 Å². The standard InChI is InChI=1S/C14H19ClFNO2S/c1-2-3-11-6-7-17(10-11)20(18,19)14-8-12(9-15)4-5-13(14)16/h4-5,8,11H,2-3,6-7,9-10H2,1H3. The molecule has 1 unspecified atom stereocenters. The summed E-state index contributed by atoms with van der Waals surface area (Å²) in [6, 6.07) is 4.01. The Labute approximate surface area is 124 Å². The van der Waals surface area contributed by atoms with E-state index >= 15 is 0 Å². The normalized spacial score (nSPS) is 20.4. The number of rotatable bonds is 5. The Morgan fingerprint density at radius 3 is 2.85 bits per heavy atom. The molecule has 0 aromatic heterocycles. The molecule has 0 amide bonds. The van der Waals surface area contributed by atoms with E-state index in [0.29, 0.717) is 24.6 Å². The number of hydrogen-bond donors (Lipinski definition) is 0. The summed E-state index contributed by atoms with van der Waals surface area (Å²) in [5.41, 5.74) is 0.607. The van der Waals surface area contributed by atoms with Gasteiger partial charge in [0, 0.05) is 19.0 Å². The molecule has 0 radical (unpaired) electrons. The van der Waals surface area contributed by atoms with Crippen molar-refractivity contribution >= 4 is 21.6 Å². The second-order valence-electron chi connectivity index (χ2n) is 5.20. The van der Waals surface area contributed by atoms with Crippen molar-refractivity contribution in [3.05, 3.63) is 29.6 Å². The Morgan fingerprint density at radius 1 is 1.45 bits per heavy atom. The maximum Gasteiger partial charge on any atom is 0.246 e. The van der Waals surface area contributed by atoms with Crippen LogP contribution >= 0.6 is 11.6 Å². The molecule has 1 atom stereocenters. The summed E-state index contributed by atoms with van der Waals surface area (Å²) in [6.45, 7) is 3.04. The average molecular weight is 320 g/mol. The van der Waals surface area contributed by atoms with Gasteiger partial charge in [-0.1, -0.05) is 19.4 Å². The zero-order valence-corrected chi connectivity index (χ0v) is 13.1. The average Bonchev–Trinajstić information content (AvgIpc) is 2.89. The number of nitrogens with zero attached hydrogens (tertiary/aromatic N) is 1. The van der Waals surface area contributed by atoms with Gasteiger partial charge in [0.15, 0.2) is 0 Å². The molecule has 0 N–H and O–H groups in total. The smallest absolute Gasteiger partial charge is 0.207 e. The lowest BCUT2D eigenvalue weighted by atomic mass is 10.0. The minimum Gasteiger partial charge on any atom is -0.207 e. The van der Waals surface area contributed by atoms with Gasteiger partial charge in [-0.2, -0.15) is 4.31 Å². The van der Waals surface area contributed by atoms with Gasteiger partial charge in [0.05, 0.1) is 0 Å². The molecule has 1 fully saturated rings. The monoisotopic (exact) mass is 319 g/mol. The van der Waals surface area contributed by atoms with E-state index in [2.05, 4.69) is 6.92 Å². The summed E-state index contributed by atoms with van der Waals surface area (Å²) < 4.78 is 40.3. The molecule has 0 saturated carbocycles. The lowest BCUT2D eigenvalue weighted by molar-refractivity contribution is 0.440. The summed E-state index contributed by atoms with van der Waals surface area (Å²) in [5.74, 6) is -0.159. The fourth-order valence-electron chi connectivity index (χ4n) is 2.63. The van der Waals surface area contributed by atoms with Gasteiger partial charge in [-0.25, -0.2) is 12.8 Å². The van der Waals surface area contributed by atoms with Crippen LogP contribution in [-0.2, 0) is 15.9 Å². The van der Waals surface area contributed by atoms with Crippen LogP contribution in [0.1, 0.15) is 31.7 Å². The highest BCUT2D eigenvalue weighted by atomic mass is 35.5. The molecule has 1 aliphatic rings. The zero-order chi connectivity index (χ0) is 14.8. The van der Waals surface area contributed by atoms with E-state index in [1.807, 2.05) is 0 Å². The molecule has 2 rings (SSSR count). The first-order valence-corrected chi connectivity index (χ1v) is 8.81. The van der Waals surface area contributed by atoms with Crippen molar-refractivity contribution in [1.82, 2.24) is 4.31 Å². The van der Waals surface area contributed by atoms with Crippen molar-refractivity contribution in [2.45, 2.75) is 37.0 Å². The van der Waals surface area contributed by atoms with Gasteiger partial charge >= 0.3 is 0 Å². The fraction of sp³-hybridized carbons (Fsp3) is 0.571. The third-order valence-electron chi connectivity index (χ3n) is 3.71. The molecular weight excluding hydrogens is 301 g/mol. The Balaban J connectivity index is 2.27. The maximum absolute atomic E-state index is 13.9. The van der Waals surface area contributed by atoms with Crippen LogP contribution in [0, 0.1) is 11.7 Å². The van der Waals surface area contributed by atoms with Crippen LogP contribution in [0.25, 0.3) is 0 Å². The first-order chi connectivity index (χ1) is 9.48. The molecule has 6 heteroatoms. The van der Waals surface area contributed by atoms with Gasteiger partial charge in [-0.15, -0.1) is 11.6 Å². The van der Waals surface area contributed by atoms with Crippen molar-refractivity contribution in [3.8, 4) is 0 Å². The number of hydrogen-bond acceptors (Lipinski definition) is 2. The summed E-state index contributed by atoms with van der Waals surface area (Å²) in [6.07, 6.45) is 2.90. The Morgan fingerprint density at radius 2 is 2.20 bits per heavy atom. The van der Waals surface area contributed by atoms with E-state index in [9.17, 15) is 12.8 Å². The van der Waals surface area contributed by atoms with Crippen LogP contribution in [-0.4, -0.2) is 25.8 Å². The first-order valence-electron chi connectivity index (χ1n) is 6.83. The van der Waals surface area contributed by atoms with E-state index < -0.39 is 15.8 Å². The summed E-state index contributed by atoms with van der Waals surface area (Å²) in [7, 11) is -3.75. The molecule has 0 spiro atoms. The van der Waals surface area contributed by atoms with Crippen LogP contribution in [0.3, 0.4) is 0 Å². The number of alkyl halides is 1. The highest BCUT2D eigenvalue weighted by molar-refractivity contribution is 7.89. The largest absolute Gasteiger partial charge is 0.246 e. The second-order valence-corrected chi connectivity index (χ2v) is 7.38. The molecule has 3 nitrogen and oxygen atoms in total. The molecule has 1 aliphatic heterocycles. The van der Waals surface area contributed by atoms with Crippen molar-refractivity contribution < 1.29 is 12.8 Å². The van der Waals surface area contributed by atoms with Crippen molar-refractivity contribution in [2.75, 3.05) is 13.1 Å². The minimum absolute atomic E-state index is 0.168.